The fourth-order valence-electron chi connectivity index (χ4n) is 3.47. The van der Waals surface area contributed by atoms with E-state index in [4.69, 9.17) is 9.47 Å². The second kappa shape index (κ2) is 6.29. The molecule has 2 atom stereocenters. The topological polar surface area (TPSA) is 79.2 Å². The van der Waals surface area contributed by atoms with Crippen molar-refractivity contribution in [1.82, 2.24) is 4.90 Å². The lowest BCUT2D eigenvalue weighted by atomic mass is 9.86. The number of aliphatic hydroxyl groups excluding tert-OH is 1. The lowest BCUT2D eigenvalue weighted by Crippen LogP contribution is -2.45. The van der Waals surface area contributed by atoms with E-state index in [1.165, 1.54) is 6.07 Å². The van der Waals surface area contributed by atoms with Crippen LogP contribution in [0.5, 0.6) is 17.2 Å². The van der Waals surface area contributed by atoms with Gasteiger partial charge in [-0.25, -0.2) is 0 Å². The number of phenolic OH excluding ortho intramolecular Hbond substituents is 1. The summed E-state index contributed by atoms with van der Waals surface area (Å²) in [6.45, 7) is 0.963. The lowest BCUT2D eigenvalue weighted by Gasteiger charge is -2.36. The lowest BCUT2D eigenvalue weighted by molar-refractivity contribution is 0.0379. The summed E-state index contributed by atoms with van der Waals surface area (Å²) in [6, 6.07) is 12.1. The number of nitrogens with zero attached hydrogens (tertiary/aromatic N) is 1. The van der Waals surface area contributed by atoms with Gasteiger partial charge in [0.15, 0.2) is 11.5 Å². The van der Waals surface area contributed by atoms with Gasteiger partial charge >= 0.3 is 0 Å². The first-order chi connectivity index (χ1) is 12.1. The number of carbonyl (C=O) groups excluding carboxylic acids is 1. The van der Waals surface area contributed by atoms with Crippen LogP contribution in [0.4, 0.5) is 0 Å². The average Bonchev–Trinajstić information content (AvgIpc) is 3.09. The quantitative estimate of drug-likeness (QED) is 0.875. The molecule has 2 aliphatic heterocycles. The predicted octanol–water partition coefficient (Wildman–Crippen LogP) is 2.11. The number of hydrogen-bond donors (Lipinski definition) is 2. The Labute approximate surface area is 145 Å². The molecule has 0 aromatic heterocycles. The molecular weight excluding hydrogens is 322 g/mol. The maximum Gasteiger partial charge on any atom is 0.257 e. The summed E-state index contributed by atoms with van der Waals surface area (Å²) in [5.41, 5.74) is 1.24. The van der Waals surface area contributed by atoms with Gasteiger partial charge in [0.2, 0.25) is 6.79 Å². The van der Waals surface area contributed by atoms with E-state index < -0.39 is 6.10 Å². The molecule has 25 heavy (non-hydrogen) atoms. The Morgan fingerprint density at radius 1 is 1.12 bits per heavy atom. The normalized spacial score (nSPS) is 22.0. The Bertz CT molecular complexity index is 806. The van der Waals surface area contributed by atoms with Crippen LogP contribution in [0.25, 0.3) is 0 Å². The van der Waals surface area contributed by atoms with Gasteiger partial charge in [-0.2, -0.15) is 0 Å². The fourth-order valence-corrected chi connectivity index (χ4v) is 3.47. The van der Waals surface area contributed by atoms with Crippen LogP contribution in [0.3, 0.4) is 0 Å². The molecule has 2 aromatic carbocycles. The summed E-state index contributed by atoms with van der Waals surface area (Å²) >= 11 is 0. The van der Waals surface area contributed by atoms with E-state index in [0.29, 0.717) is 24.5 Å². The van der Waals surface area contributed by atoms with Crippen molar-refractivity contribution in [2.75, 3.05) is 19.9 Å². The van der Waals surface area contributed by atoms with Crippen molar-refractivity contribution in [2.24, 2.45) is 0 Å². The summed E-state index contributed by atoms with van der Waals surface area (Å²) in [6.07, 6.45) is -0.0379. The molecule has 2 aliphatic rings. The van der Waals surface area contributed by atoms with E-state index in [0.717, 1.165) is 5.56 Å². The van der Waals surface area contributed by atoms with Gasteiger partial charge < -0.3 is 24.6 Å². The van der Waals surface area contributed by atoms with E-state index in [9.17, 15) is 15.0 Å². The third kappa shape index (κ3) is 2.89. The van der Waals surface area contributed by atoms with E-state index in [2.05, 4.69) is 0 Å². The number of aliphatic hydroxyl groups is 1. The molecule has 1 amide bonds. The third-order valence-corrected chi connectivity index (χ3v) is 4.83. The molecule has 2 N–H and O–H groups in total. The Morgan fingerprint density at radius 2 is 1.92 bits per heavy atom. The SMILES string of the molecule is O=C(c1ccccc1O)N1CC[C@@H](c2ccc3c(c2)OCO3)[C@H](O)C1. The number of aromatic hydroxyl groups is 1. The van der Waals surface area contributed by atoms with Crippen molar-refractivity contribution < 1.29 is 24.5 Å². The number of piperidine rings is 1. The van der Waals surface area contributed by atoms with Crippen LogP contribution in [0.1, 0.15) is 28.3 Å². The number of β-amino-alcohol motifs (C(OH)–C–C–N with tert-alkyl or cyclic N) is 1. The largest absolute Gasteiger partial charge is 0.507 e. The van der Waals surface area contributed by atoms with E-state index in [1.54, 1.807) is 23.1 Å². The van der Waals surface area contributed by atoms with Crippen LogP contribution in [-0.4, -0.2) is 47.0 Å². The second-order valence-electron chi connectivity index (χ2n) is 6.34. The van der Waals surface area contributed by atoms with E-state index in [1.807, 2.05) is 18.2 Å². The van der Waals surface area contributed by atoms with Gasteiger partial charge in [-0.3, -0.25) is 4.79 Å². The highest BCUT2D eigenvalue weighted by Gasteiger charge is 2.33. The molecule has 0 unspecified atom stereocenters. The highest BCUT2D eigenvalue weighted by molar-refractivity contribution is 5.96. The zero-order valence-corrected chi connectivity index (χ0v) is 13.6. The van der Waals surface area contributed by atoms with Crippen molar-refractivity contribution in [3.05, 3.63) is 53.6 Å². The molecule has 0 radical (unpaired) electrons. The number of benzene rings is 2. The monoisotopic (exact) mass is 341 g/mol. The van der Waals surface area contributed by atoms with E-state index >= 15 is 0 Å². The first-order valence-electron chi connectivity index (χ1n) is 8.28. The first kappa shape index (κ1) is 15.8. The fraction of sp³-hybridized carbons (Fsp3) is 0.316. The molecule has 0 aliphatic carbocycles. The van der Waals surface area contributed by atoms with Gasteiger partial charge in [0.1, 0.15) is 5.75 Å². The molecule has 0 saturated carbocycles. The predicted molar refractivity (Wildman–Crippen MR) is 89.9 cm³/mol. The summed E-state index contributed by atoms with van der Waals surface area (Å²) in [4.78, 5) is 14.2. The van der Waals surface area contributed by atoms with Crippen molar-refractivity contribution in [3.63, 3.8) is 0 Å². The van der Waals surface area contributed by atoms with Crippen LogP contribution >= 0.6 is 0 Å². The second-order valence-corrected chi connectivity index (χ2v) is 6.34. The number of rotatable bonds is 2. The Hall–Kier alpha value is -2.73. The van der Waals surface area contributed by atoms with Crippen LogP contribution < -0.4 is 9.47 Å². The molecule has 6 heteroatoms. The van der Waals surface area contributed by atoms with Gasteiger partial charge in [-0.1, -0.05) is 18.2 Å². The maximum absolute atomic E-state index is 12.6. The zero-order chi connectivity index (χ0) is 17.4. The van der Waals surface area contributed by atoms with Crippen LogP contribution in [0.2, 0.25) is 0 Å². The number of ether oxygens (including phenoxy) is 2. The summed E-state index contributed by atoms with van der Waals surface area (Å²) in [5.74, 6) is 1.03. The molecule has 2 aromatic rings. The molecule has 2 heterocycles. The molecule has 1 saturated heterocycles. The molecule has 0 bridgehead atoms. The molecule has 6 nitrogen and oxygen atoms in total. The molecule has 1 fully saturated rings. The number of fused-ring (bicyclic) bond motifs is 1. The summed E-state index contributed by atoms with van der Waals surface area (Å²) in [7, 11) is 0. The van der Waals surface area contributed by atoms with E-state index in [-0.39, 0.29) is 36.5 Å². The van der Waals surface area contributed by atoms with Crippen molar-refractivity contribution in [3.8, 4) is 17.2 Å². The van der Waals surface area contributed by atoms with Gasteiger partial charge in [0.25, 0.3) is 5.91 Å². The van der Waals surface area contributed by atoms with Crippen LogP contribution in [0.15, 0.2) is 42.5 Å². The molecule has 0 spiro atoms. The Kier molecular flexibility index (Phi) is 3.97. The number of hydrogen-bond acceptors (Lipinski definition) is 5. The van der Waals surface area contributed by atoms with Crippen LogP contribution in [0, 0.1) is 0 Å². The number of likely N-dealkylation sites (tertiary alicyclic amines) is 1. The van der Waals surface area contributed by atoms with Crippen molar-refractivity contribution in [2.45, 2.75) is 18.4 Å². The number of carbonyl (C=O) groups is 1. The smallest absolute Gasteiger partial charge is 0.257 e. The molecule has 4 rings (SSSR count). The standard InChI is InChI=1S/C19H19NO5/c21-15-4-2-1-3-14(15)19(23)20-8-7-13(16(22)10-20)12-5-6-17-18(9-12)25-11-24-17/h1-6,9,13,16,21-22H,7-8,10-11H2/t13-,16+/m0/s1. The van der Waals surface area contributed by atoms with Gasteiger partial charge in [0, 0.05) is 19.0 Å². The summed E-state index contributed by atoms with van der Waals surface area (Å²) in [5, 5.41) is 20.4. The van der Waals surface area contributed by atoms with Gasteiger partial charge in [-0.15, -0.1) is 0 Å². The van der Waals surface area contributed by atoms with Gasteiger partial charge in [0.05, 0.1) is 11.7 Å². The first-order valence-corrected chi connectivity index (χ1v) is 8.28. The Balaban J connectivity index is 1.49. The highest BCUT2D eigenvalue weighted by atomic mass is 16.7. The number of para-hydroxylation sites is 1. The van der Waals surface area contributed by atoms with Crippen molar-refractivity contribution in [1.29, 1.82) is 0 Å². The zero-order valence-electron chi connectivity index (χ0n) is 13.6. The van der Waals surface area contributed by atoms with Crippen molar-refractivity contribution >= 4 is 5.91 Å². The average molecular weight is 341 g/mol. The third-order valence-electron chi connectivity index (χ3n) is 4.83. The number of amides is 1. The Morgan fingerprint density at radius 3 is 2.72 bits per heavy atom. The minimum absolute atomic E-state index is 0.0418. The molecular formula is C19H19NO5. The highest BCUT2D eigenvalue weighted by Crippen LogP contribution is 2.37. The summed E-state index contributed by atoms with van der Waals surface area (Å²) < 4.78 is 10.7. The maximum atomic E-state index is 12.6. The minimum atomic E-state index is -0.677. The van der Waals surface area contributed by atoms with Gasteiger partial charge in [-0.05, 0) is 36.2 Å². The minimum Gasteiger partial charge on any atom is -0.507 e. The molecule has 130 valence electrons. The van der Waals surface area contributed by atoms with Crippen LogP contribution in [-0.2, 0) is 0 Å². The number of phenols is 1.